The maximum absolute atomic E-state index is 12.9. The minimum atomic E-state index is -0.145. The SMILES string of the molecule is CCN1C[C@@H](C(=O)NCc2cc3c([nH]c2=O)CCC3)[C@H](c2cn(C)cn2)C1. The van der Waals surface area contributed by atoms with Crippen molar-refractivity contribution in [2.75, 3.05) is 19.6 Å². The Labute approximate surface area is 158 Å². The number of fused-ring (bicyclic) bond motifs is 1. The Hall–Kier alpha value is -2.41. The first-order valence-electron chi connectivity index (χ1n) is 9.77. The van der Waals surface area contributed by atoms with Gasteiger partial charge in [0.2, 0.25) is 5.91 Å². The van der Waals surface area contributed by atoms with Gasteiger partial charge in [-0.3, -0.25) is 9.59 Å². The van der Waals surface area contributed by atoms with Crippen LogP contribution in [0.15, 0.2) is 23.4 Å². The number of imidazole rings is 1. The Kier molecular flexibility index (Phi) is 4.86. The van der Waals surface area contributed by atoms with E-state index >= 15 is 0 Å². The molecule has 1 fully saturated rings. The number of amides is 1. The second-order valence-electron chi connectivity index (χ2n) is 7.73. The number of nitrogens with one attached hydrogen (secondary N) is 2. The van der Waals surface area contributed by atoms with E-state index in [1.54, 1.807) is 6.33 Å². The number of carbonyl (C=O) groups excluding carboxylic acids is 1. The highest BCUT2D eigenvalue weighted by Crippen LogP contribution is 2.31. The van der Waals surface area contributed by atoms with Gasteiger partial charge in [0.05, 0.1) is 17.9 Å². The molecule has 144 valence electrons. The number of nitrogens with zero attached hydrogens (tertiary/aromatic N) is 3. The number of likely N-dealkylation sites (N-methyl/N-ethyl adjacent to an activating group) is 1. The Balaban J connectivity index is 1.47. The molecule has 2 aromatic rings. The van der Waals surface area contributed by atoms with Crippen molar-refractivity contribution in [1.29, 1.82) is 0 Å². The summed E-state index contributed by atoms with van der Waals surface area (Å²) in [5, 5.41) is 3.00. The molecule has 0 unspecified atom stereocenters. The second kappa shape index (κ2) is 7.31. The van der Waals surface area contributed by atoms with E-state index in [4.69, 9.17) is 0 Å². The molecule has 0 radical (unpaired) electrons. The molecule has 0 saturated carbocycles. The Morgan fingerprint density at radius 3 is 2.96 bits per heavy atom. The van der Waals surface area contributed by atoms with Gasteiger partial charge >= 0.3 is 0 Å². The molecule has 2 atom stereocenters. The standard InChI is InChI=1S/C20H27N5O2/c1-3-25-9-15(18-11-24(2)12-22-18)16(10-25)20(27)21-8-14-7-13-5-4-6-17(13)23-19(14)26/h7,11-12,15-16H,3-6,8-10H2,1-2H3,(H,21,27)(H,23,26)/t15-,16-/m1/s1. The van der Waals surface area contributed by atoms with Gasteiger partial charge in [-0.05, 0) is 37.4 Å². The van der Waals surface area contributed by atoms with E-state index in [0.717, 1.165) is 50.3 Å². The fraction of sp³-hybridized carbons (Fsp3) is 0.550. The van der Waals surface area contributed by atoms with Crippen LogP contribution in [0.4, 0.5) is 0 Å². The molecule has 27 heavy (non-hydrogen) atoms. The Bertz CT molecular complexity index is 900. The first-order chi connectivity index (χ1) is 13.0. The number of pyridine rings is 1. The highest BCUT2D eigenvalue weighted by atomic mass is 16.2. The van der Waals surface area contributed by atoms with Crippen LogP contribution in [0.3, 0.4) is 0 Å². The van der Waals surface area contributed by atoms with Crippen molar-refractivity contribution in [2.24, 2.45) is 13.0 Å². The lowest BCUT2D eigenvalue weighted by molar-refractivity contribution is -0.125. The van der Waals surface area contributed by atoms with Gasteiger partial charge in [-0.25, -0.2) is 4.98 Å². The number of aryl methyl sites for hydroxylation is 3. The Morgan fingerprint density at radius 1 is 1.37 bits per heavy atom. The zero-order valence-electron chi connectivity index (χ0n) is 16.0. The highest BCUT2D eigenvalue weighted by molar-refractivity contribution is 5.80. The van der Waals surface area contributed by atoms with Crippen molar-refractivity contribution < 1.29 is 4.79 Å². The molecule has 1 aliphatic carbocycles. The number of likely N-dealkylation sites (tertiary alicyclic amines) is 1. The van der Waals surface area contributed by atoms with Crippen molar-refractivity contribution in [3.05, 3.63) is 51.5 Å². The van der Waals surface area contributed by atoms with Crippen LogP contribution in [0.1, 0.15) is 41.8 Å². The van der Waals surface area contributed by atoms with Crippen molar-refractivity contribution in [3.8, 4) is 0 Å². The zero-order valence-corrected chi connectivity index (χ0v) is 16.0. The van der Waals surface area contributed by atoms with Gasteiger partial charge in [0, 0.05) is 50.1 Å². The molecule has 2 aliphatic rings. The number of carbonyl (C=O) groups is 1. The zero-order chi connectivity index (χ0) is 19.0. The first-order valence-corrected chi connectivity index (χ1v) is 9.77. The van der Waals surface area contributed by atoms with Crippen LogP contribution in [0.25, 0.3) is 0 Å². The van der Waals surface area contributed by atoms with Gasteiger partial charge in [-0.2, -0.15) is 0 Å². The summed E-state index contributed by atoms with van der Waals surface area (Å²) in [5.74, 6) is -0.0562. The number of hydrogen-bond donors (Lipinski definition) is 2. The molecule has 7 nitrogen and oxygen atoms in total. The predicted molar refractivity (Wildman–Crippen MR) is 102 cm³/mol. The number of hydrogen-bond acceptors (Lipinski definition) is 4. The largest absolute Gasteiger partial charge is 0.352 e. The maximum Gasteiger partial charge on any atom is 0.253 e. The molecular weight excluding hydrogens is 342 g/mol. The molecule has 2 N–H and O–H groups in total. The van der Waals surface area contributed by atoms with E-state index in [9.17, 15) is 9.59 Å². The normalized spacial score (nSPS) is 22.1. The molecule has 0 aromatic carbocycles. The fourth-order valence-electron chi connectivity index (χ4n) is 4.34. The molecule has 1 amide bonds. The van der Waals surface area contributed by atoms with Crippen molar-refractivity contribution in [3.63, 3.8) is 0 Å². The highest BCUT2D eigenvalue weighted by Gasteiger charge is 2.39. The Morgan fingerprint density at radius 2 is 2.22 bits per heavy atom. The summed E-state index contributed by atoms with van der Waals surface area (Å²) in [6.45, 7) is 4.87. The molecule has 0 spiro atoms. The summed E-state index contributed by atoms with van der Waals surface area (Å²) >= 11 is 0. The van der Waals surface area contributed by atoms with Gasteiger partial charge in [-0.1, -0.05) is 6.92 Å². The summed E-state index contributed by atoms with van der Waals surface area (Å²) in [4.78, 5) is 34.9. The van der Waals surface area contributed by atoms with E-state index in [2.05, 4.69) is 27.1 Å². The summed E-state index contributed by atoms with van der Waals surface area (Å²) in [6.07, 6.45) is 6.81. The molecular formula is C20H27N5O2. The summed E-state index contributed by atoms with van der Waals surface area (Å²) in [7, 11) is 1.94. The van der Waals surface area contributed by atoms with Gasteiger partial charge in [-0.15, -0.1) is 0 Å². The van der Waals surface area contributed by atoms with Gasteiger partial charge in [0.15, 0.2) is 0 Å². The van der Waals surface area contributed by atoms with Crippen LogP contribution in [-0.4, -0.2) is 45.0 Å². The van der Waals surface area contributed by atoms with E-state index in [1.807, 2.05) is 23.9 Å². The van der Waals surface area contributed by atoms with Crippen LogP contribution in [0, 0.1) is 5.92 Å². The average Bonchev–Trinajstić information content (AvgIpc) is 3.37. The van der Waals surface area contributed by atoms with Crippen molar-refractivity contribution in [2.45, 2.75) is 38.6 Å². The maximum atomic E-state index is 12.9. The predicted octanol–water partition coefficient (Wildman–Crippen LogP) is 0.949. The topological polar surface area (TPSA) is 83.0 Å². The number of aromatic amines is 1. The summed E-state index contributed by atoms with van der Waals surface area (Å²) in [5.41, 5.74) is 3.79. The fourth-order valence-corrected chi connectivity index (χ4v) is 4.34. The number of H-pyrrole nitrogens is 1. The minimum absolute atomic E-state index is 0.00139. The molecule has 1 saturated heterocycles. The second-order valence-corrected chi connectivity index (χ2v) is 7.73. The number of rotatable bonds is 5. The monoisotopic (exact) mass is 369 g/mol. The average molecular weight is 369 g/mol. The third-order valence-corrected chi connectivity index (χ3v) is 5.90. The quantitative estimate of drug-likeness (QED) is 0.822. The lowest BCUT2D eigenvalue weighted by Gasteiger charge is -2.16. The van der Waals surface area contributed by atoms with Gasteiger partial charge < -0.3 is 19.8 Å². The minimum Gasteiger partial charge on any atom is -0.352 e. The summed E-state index contributed by atoms with van der Waals surface area (Å²) < 4.78 is 1.92. The molecule has 7 heteroatoms. The lowest BCUT2D eigenvalue weighted by atomic mass is 9.92. The van der Waals surface area contributed by atoms with Crippen LogP contribution in [-0.2, 0) is 31.2 Å². The van der Waals surface area contributed by atoms with Gasteiger partial charge in [0.1, 0.15) is 0 Å². The van der Waals surface area contributed by atoms with Crippen molar-refractivity contribution in [1.82, 2.24) is 24.8 Å². The number of aromatic nitrogens is 3. The molecule has 4 rings (SSSR count). The van der Waals surface area contributed by atoms with Crippen LogP contribution < -0.4 is 10.9 Å². The third kappa shape index (κ3) is 3.56. The van der Waals surface area contributed by atoms with E-state index in [1.165, 1.54) is 5.56 Å². The van der Waals surface area contributed by atoms with Crippen LogP contribution in [0.5, 0.6) is 0 Å². The van der Waals surface area contributed by atoms with E-state index < -0.39 is 0 Å². The third-order valence-electron chi connectivity index (χ3n) is 5.90. The first kappa shape index (κ1) is 18.0. The van der Waals surface area contributed by atoms with Crippen LogP contribution >= 0.6 is 0 Å². The van der Waals surface area contributed by atoms with Crippen molar-refractivity contribution >= 4 is 5.91 Å². The molecule has 3 heterocycles. The lowest BCUT2D eigenvalue weighted by Crippen LogP contribution is -2.35. The molecule has 0 bridgehead atoms. The van der Waals surface area contributed by atoms with Gasteiger partial charge in [0.25, 0.3) is 5.56 Å². The summed E-state index contributed by atoms with van der Waals surface area (Å²) in [6, 6.07) is 1.96. The molecule has 2 aromatic heterocycles. The smallest absolute Gasteiger partial charge is 0.253 e. The van der Waals surface area contributed by atoms with E-state index in [0.29, 0.717) is 5.56 Å². The van der Waals surface area contributed by atoms with E-state index in [-0.39, 0.29) is 29.8 Å². The van der Waals surface area contributed by atoms with Crippen LogP contribution in [0.2, 0.25) is 0 Å². The molecule has 1 aliphatic heterocycles.